The molecule has 7 heteroatoms. The van der Waals surface area contributed by atoms with Crippen molar-refractivity contribution in [3.8, 4) is 0 Å². The van der Waals surface area contributed by atoms with Gasteiger partial charge in [-0.3, -0.25) is 14.4 Å². The smallest absolute Gasteiger partial charge is 0.272 e. The number of nitrogens with one attached hydrogen (secondary N) is 3. The molecule has 0 fully saturated rings. The molecule has 0 bridgehead atoms. The zero-order chi connectivity index (χ0) is 33.3. The molecule has 6 aromatic rings. The van der Waals surface area contributed by atoms with E-state index < -0.39 is 11.2 Å². The van der Waals surface area contributed by atoms with Gasteiger partial charge >= 0.3 is 0 Å². The van der Waals surface area contributed by atoms with Gasteiger partial charge in [-0.15, -0.1) is 11.8 Å². The van der Waals surface area contributed by atoms with Crippen molar-refractivity contribution in [2.24, 2.45) is 0 Å². The predicted molar refractivity (Wildman–Crippen MR) is 196 cm³/mol. The van der Waals surface area contributed by atoms with Crippen LogP contribution in [-0.2, 0) is 9.59 Å². The zero-order valence-corrected chi connectivity index (χ0v) is 27.0. The number of anilines is 2. The van der Waals surface area contributed by atoms with Crippen molar-refractivity contribution >= 4 is 57.7 Å². The Morgan fingerprint density at radius 1 is 0.646 bits per heavy atom. The topological polar surface area (TPSA) is 87.3 Å². The Balaban J connectivity index is 1.20. The summed E-state index contributed by atoms with van der Waals surface area (Å²) in [4.78, 5) is 41.2. The fourth-order valence-corrected chi connectivity index (χ4v) is 6.26. The minimum absolute atomic E-state index is 0.117. The van der Waals surface area contributed by atoms with Crippen LogP contribution in [0.15, 0.2) is 162 Å². The van der Waals surface area contributed by atoms with Crippen LogP contribution < -0.4 is 16.0 Å². The average molecular weight is 648 g/mol. The Kier molecular flexibility index (Phi) is 10.1. The zero-order valence-electron chi connectivity index (χ0n) is 26.2. The summed E-state index contributed by atoms with van der Waals surface area (Å²) in [5.74, 6) is -0.981. The molecular formula is C41H33N3O3S. The van der Waals surface area contributed by atoms with Crippen LogP contribution in [0, 0.1) is 6.92 Å². The van der Waals surface area contributed by atoms with Gasteiger partial charge in [0.1, 0.15) is 10.9 Å². The standard InChI is InChI=1S/C41H33N3O3S/c1-28-13-8-9-19-32(28)27-37(44-39(45)31-17-6-3-7-18-31)40(46)42-33-23-25-34(26-24-33)48-38(30-15-4-2-5-16-30)41(47)43-36-22-12-20-29-14-10-11-21-35(29)36/h2-27,38H,1H3,(H,42,46)(H,43,47)(H,44,45)/b37-27-. The highest BCUT2D eigenvalue weighted by Gasteiger charge is 2.23. The van der Waals surface area contributed by atoms with E-state index >= 15 is 0 Å². The number of hydrogen-bond acceptors (Lipinski definition) is 4. The van der Waals surface area contributed by atoms with Crippen molar-refractivity contribution in [2.75, 3.05) is 10.6 Å². The van der Waals surface area contributed by atoms with Crippen LogP contribution in [0.3, 0.4) is 0 Å². The number of aryl methyl sites for hydroxylation is 1. The molecule has 1 unspecified atom stereocenters. The quantitative estimate of drug-likeness (QED) is 0.102. The molecule has 6 aromatic carbocycles. The first-order chi connectivity index (χ1) is 23.4. The van der Waals surface area contributed by atoms with Gasteiger partial charge in [-0.1, -0.05) is 109 Å². The van der Waals surface area contributed by atoms with E-state index in [1.54, 1.807) is 42.5 Å². The van der Waals surface area contributed by atoms with E-state index in [-0.39, 0.29) is 17.5 Å². The third-order valence-corrected chi connectivity index (χ3v) is 9.04. The van der Waals surface area contributed by atoms with E-state index in [9.17, 15) is 14.4 Å². The highest BCUT2D eigenvalue weighted by molar-refractivity contribution is 8.00. The summed E-state index contributed by atoms with van der Waals surface area (Å²) in [6.45, 7) is 1.95. The molecule has 6 nitrogen and oxygen atoms in total. The predicted octanol–water partition coefficient (Wildman–Crippen LogP) is 9.03. The lowest BCUT2D eigenvalue weighted by molar-refractivity contribution is -0.116. The number of amides is 3. The van der Waals surface area contributed by atoms with Crippen LogP contribution in [0.5, 0.6) is 0 Å². The summed E-state index contributed by atoms with van der Waals surface area (Å²) >= 11 is 1.42. The molecule has 0 heterocycles. The Morgan fingerprint density at radius 3 is 2.04 bits per heavy atom. The number of carbonyl (C=O) groups excluding carboxylic acids is 3. The molecule has 6 rings (SSSR count). The number of thioether (sulfide) groups is 1. The second-order valence-electron chi connectivity index (χ2n) is 11.1. The lowest BCUT2D eigenvalue weighted by Crippen LogP contribution is -2.30. The number of fused-ring (bicyclic) bond motifs is 1. The summed E-state index contributed by atoms with van der Waals surface area (Å²) in [6, 6.07) is 47.2. The lowest BCUT2D eigenvalue weighted by atomic mass is 10.1. The molecule has 0 radical (unpaired) electrons. The summed E-state index contributed by atoms with van der Waals surface area (Å²) in [6.07, 6.45) is 1.68. The van der Waals surface area contributed by atoms with Gasteiger partial charge in [0, 0.05) is 27.2 Å². The minimum Gasteiger partial charge on any atom is -0.324 e. The Labute approximate surface area is 283 Å². The van der Waals surface area contributed by atoms with Crippen molar-refractivity contribution in [3.63, 3.8) is 0 Å². The van der Waals surface area contributed by atoms with Crippen LogP contribution in [0.4, 0.5) is 11.4 Å². The van der Waals surface area contributed by atoms with Gasteiger partial charge in [-0.2, -0.15) is 0 Å². The molecule has 0 saturated carbocycles. The van der Waals surface area contributed by atoms with Crippen molar-refractivity contribution in [2.45, 2.75) is 17.1 Å². The van der Waals surface area contributed by atoms with Gasteiger partial charge in [0.2, 0.25) is 5.91 Å². The third-order valence-electron chi connectivity index (χ3n) is 7.77. The Hall–Kier alpha value is -5.92. The van der Waals surface area contributed by atoms with Crippen LogP contribution in [0.1, 0.15) is 32.3 Å². The molecule has 3 amide bonds. The monoisotopic (exact) mass is 647 g/mol. The van der Waals surface area contributed by atoms with E-state index in [0.717, 1.165) is 38.0 Å². The highest BCUT2D eigenvalue weighted by atomic mass is 32.2. The third kappa shape index (κ3) is 7.89. The van der Waals surface area contributed by atoms with Gasteiger partial charge in [-0.05, 0) is 77.5 Å². The van der Waals surface area contributed by atoms with Crippen LogP contribution in [0.2, 0.25) is 0 Å². The van der Waals surface area contributed by atoms with Crippen LogP contribution in [-0.4, -0.2) is 17.7 Å². The highest BCUT2D eigenvalue weighted by Crippen LogP contribution is 2.37. The molecule has 0 spiro atoms. The number of benzene rings is 6. The first-order valence-electron chi connectivity index (χ1n) is 15.5. The maximum Gasteiger partial charge on any atom is 0.272 e. The minimum atomic E-state index is -0.526. The molecule has 0 aliphatic carbocycles. The van der Waals surface area contributed by atoms with Gasteiger partial charge in [-0.25, -0.2) is 0 Å². The van der Waals surface area contributed by atoms with Crippen molar-refractivity contribution in [1.82, 2.24) is 5.32 Å². The van der Waals surface area contributed by atoms with Crippen molar-refractivity contribution < 1.29 is 14.4 Å². The summed E-state index contributed by atoms with van der Waals surface area (Å²) in [5.41, 5.74) is 4.52. The first kappa shape index (κ1) is 32.0. The molecular weight excluding hydrogens is 615 g/mol. The van der Waals surface area contributed by atoms with E-state index in [0.29, 0.717) is 11.3 Å². The van der Waals surface area contributed by atoms with E-state index in [2.05, 4.69) is 16.0 Å². The summed E-state index contributed by atoms with van der Waals surface area (Å²) < 4.78 is 0. The maximum atomic E-state index is 13.8. The van der Waals surface area contributed by atoms with Gasteiger partial charge in [0.15, 0.2) is 0 Å². The van der Waals surface area contributed by atoms with E-state index in [1.807, 2.05) is 122 Å². The molecule has 0 saturated heterocycles. The van der Waals surface area contributed by atoms with Crippen LogP contribution >= 0.6 is 11.8 Å². The fraction of sp³-hybridized carbons (Fsp3) is 0.0488. The van der Waals surface area contributed by atoms with Gasteiger partial charge < -0.3 is 16.0 Å². The molecule has 0 aliphatic heterocycles. The molecule has 0 aliphatic rings. The molecule has 3 N–H and O–H groups in total. The SMILES string of the molecule is Cc1ccccc1/C=C(\NC(=O)c1ccccc1)C(=O)Nc1ccc(SC(C(=O)Nc2cccc3ccccc23)c2ccccc2)cc1. The maximum absolute atomic E-state index is 13.8. The van der Waals surface area contributed by atoms with E-state index in [1.165, 1.54) is 11.8 Å². The molecule has 236 valence electrons. The molecule has 48 heavy (non-hydrogen) atoms. The number of rotatable bonds is 10. The fourth-order valence-electron chi connectivity index (χ4n) is 5.23. The largest absolute Gasteiger partial charge is 0.324 e. The Bertz CT molecular complexity index is 2090. The number of hydrogen-bond donors (Lipinski definition) is 3. The van der Waals surface area contributed by atoms with Crippen molar-refractivity contribution in [1.29, 1.82) is 0 Å². The number of carbonyl (C=O) groups is 3. The van der Waals surface area contributed by atoms with Crippen LogP contribution in [0.25, 0.3) is 16.8 Å². The first-order valence-corrected chi connectivity index (χ1v) is 16.4. The van der Waals surface area contributed by atoms with Gasteiger partial charge in [0.05, 0.1) is 0 Å². The molecule has 0 aromatic heterocycles. The lowest BCUT2D eigenvalue weighted by Gasteiger charge is -2.18. The second-order valence-corrected chi connectivity index (χ2v) is 12.3. The second kappa shape index (κ2) is 15.1. The normalized spacial score (nSPS) is 11.8. The molecule has 1 atom stereocenters. The van der Waals surface area contributed by atoms with Gasteiger partial charge in [0.25, 0.3) is 11.8 Å². The van der Waals surface area contributed by atoms with E-state index in [4.69, 9.17) is 0 Å². The average Bonchev–Trinajstić information content (AvgIpc) is 3.12. The Morgan fingerprint density at radius 2 is 1.29 bits per heavy atom. The van der Waals surface area contributed by atoms with Crippen molar-refractivity contribution in [3.05, 3.63) is 180 Å². The summed E-state index contributed by atoms with van der Waals surface area (Å²) in [7, 11) is 0. The summed E-state index contributed by atoms with van der Waals surface area (Å²) in [5, 5.41) is 10.3.